The topological polar surface area (TPSA) is 26.0 Å². The number of benzene rings is 5. The van der Waals surface area contributed by atoms with Crippen molar-refractivity contribution >= 4 is 48.8 Å². The van der Waals surface area contributed by atoms with Gasteiger partial charge in [0.2, 0.25) is 0 Å². The van der Waals surface area contributed by atoms with Crippen LogP contribution in [0.3, 0.4) is 0 Å². The second-order valence-electron chi connectivity index (χ2n) is 6.09. The molecule has 0 spiro atoms. The quantitative estimate of drug-likeness (QED) is 0.222. The Morgan fingerprint density at radius 1 is 0.636 bits per heavy atom. The smallest absolute Gasteiger partial charge is 0.0424 e. The van der Waals surface area contributed by atoms with E-state index in [2.05, 4.69) is 67.6 Å². The van der Waals surface area contributed by atoms with E-state index in [4.69, 9.17) is 5.73 Å². The SMILES string of the molecule is Cc1cc2c3cccc4cccc(c5cccc(c1N)c52)c43. The first-order chi connectivity index (χ1) is 10.8. The van der Waals surface area contributed by atoms with E-state index in [1.165, 1.54) is 43.1 Å². The Labute approximate surface area is 128 Å². The van der Waals surface area contributed by atoms with Gasteiger partial charge in [-0.3, -0.25) is 0 Å². The predicted molar refractivity (Wildman–Crippen MR) is 96.8 cm³/mol. The van der Waals surface area contributed by atoms with Crippen LogP contribution in [0.5, 0.6) is 0 Å². The first kappa shape index (κ1) is 11.8. The minimum atomic E-state index is 0.896. The van der Waals surface area contributed by atoms with Crippen molar-refractivity contribution in [1.29, 1.82) is 0 Å². The van der Waals surface area contributed by atoms with Gasteiger partial charge < -0.3 is 5.73 Å². The molecule has 1 heteroatoms. The van der Waals surface area contributed by atoms with Crippen molar-refractivity contribution in [3.63, 3.8) is 0 Å². The summed E-state index contributed by atoms with van der Waals surface area (Å²) < 4.78 is 0. The van der Waals surface area contributed by atoms with Crippen LogP contribution in [0.25, 0.3) is 43.1 Å². The Balaban J connectivity index is 2.29. The van der Waals surface area contributed by atoms with Gasteiger partial charge in [-0.15, -0.1) is 0 Å². The van der Waals surface area contributed by atoms with E-state index in [1.54, 1.807) is 0 Å². The van der Waals surface area contributed by atoms with E-state index in [-0.39, 0.29) is 0 Å². The number of hydrogen-bond acceptors (Lipinski definition) is 1. The molecule has 0 unspecified atom stereocenters. The molecule has 0 radical (unpaired) electrons. The van der Waals surface area contributed by atoms with Gasteiger partial charge in [-0.05, 0) is 56.3 Å². The van der Waals surface area contributed by atoms with Gasteiger partial charge in [-0.2, -0.15) is 0 Å². The molecule has 22 heavy (non-hydrogen) atoms. The van der Waals surface area contributed by atoms with E-state index in [0.29, 0.717) is 0 Å². The summed E-state index contributed by atoms with van der Waals surface area (Å²) in [5.41, 5.74) is 8.40. The second-order valence-corrected chi connectivity index (χ2v) is 6.09. The van der Waals surface area contributed by atoms with Gasteiger partial charge in [0.15, 0.2) is 0 Å². The number of nitrogens with two attached hydrogens (primary N) is 1. The van der Waals surface area contributed by atoms with E-state index in [9.17, 15) is 0 Å². The Bertz CT molecular complexity index is 1180. The lowest BCUT2D eigenvalue weighted by Gasteiger charge is -2.16. The Morgan fingerprint density at radius 3 is 1.91 bits per heavy atom. The number of nitrogen functional groups attached to an aromatic ring is 1. The molecular weight excluding hydrogens is 266 g/mol. The fourth-order valence-corrected chi connectivity index (χ4v) is 3.87. The first-order valence-electron chi connectivity index (χ1n) is 7.60. The van der Waals surface area contributed by atoms with Crippen molar-refractivity contribution in [3.8, 4) is 0 Å². The summed E-state index contributed by atoms with van der Waals surface area (Å²) >= 11 is 0. The first-order valence-corrected chi connectivity index (χ1v) is 7.60. The van der Waals surface area contributed by atoms with Gasteiger partial charge in [0.25, 0.3) is 0 Å². The maximum absolute atomic E-state index is 6.35. The minimum absolute atomic E-state index is 0.896. The molecule has 0 bridgehead atoms. The lowest BCUT2D eigenvalue weighted by molar-refractivity contribution is 1.52. The molecule has 5 rings (SSSR count). The van der Waals surface area contributed by atoms with Crippen molar-refractivity contribution in [2.75, 3.05) is 5.73 Å². The number of hydrogen-bond donors (Lipinski definition) is 1. The van der Waals surface area contributed by atoms with Crippen LogP contribution in [0.15, 0.2) is 60.7 Å². The molecule has 0 atom stereocenters. The highest BCUT2D eigenvalue weighted by Gasteiger charge is 2.14. The molecule has 104 valence electrons. The molecule has 1 nitrogen and oxygen atoms in total. The predicted octanol–water partition coefficient (Wildman–Crippen LogP) is 5.63. The molecule has 5 aromatic carbocycles. The van der Waals surface area contributed by atoms with E-state index in [0.717, 1.165) is 11.3 Å². The summed E-state index contributed by atoms with van der Waals surface area (Å²) in [5, 5.41) is 10.3. The zero-order chi connectivity index (χ0) is 14.8. The van der Waals surface area contributed by atoms with Gasteiger partial charge in [0.1, 0.15) is 0 Å². The number of anilines is 1. The van der Waals surface area contributed by atoms with Gasteiger partial charge in [0, 0.05) is 11.1 Å². The third-order valence-corrected chi connectivity index (χ3v) is 4.89. The van der Waals surface area contributed by atoms with E-state index < -0.39 is 0 Å². The molecule has 5 aromatic rings. The Kier molecular flexibility index (Phi) is 2.09. The Hall–Kier alpha value is -2.80. The van der Waals surface area contributed by atoms with Gasteiger partial charge in [-0.25, -0.2) is 0 Å². The lowest BCUT2D eigenvalue weighted by atomic mass is 9.88. The van der Waals surface area contributed by atoms with Crippen molar-refractivity contribution < 1.29 is 0 Å². The van der Waals surface area contributed by atoms with Crippen molar-refractivity contribution in [2.24, 2.45) is 0 Å². The standard InChI is InChI=1S/C21H15N/c1-12-11-18-16-8-3-6-13-5-2-7-14(19(13)16)15-9-4-10-17(20(15)18)21(12)22/h2-11H,22H2,1H3. The van der Waals surface area contributed by atoms with Crippen LogP contribution in [-0.4, -0.2) is 0 Å². The fraction of sp³-hybridized carbons (Fsp3) is 0.0476. The van der Waals surface area contributed by atoms with Crippen LogP contribution in [-0.2, 0) is 0 Å². The zero-order valence-electron chi connectivity index (χ0n) is 12.4. The fourth-order valence-electron chi connectivity index (χ4n) is 3.87. The number of aryl methyl sites for hydroxylation is 1. The minimum Gasteiger partial charge on any atom is -0.398 e. The van der Waals surface area contributed by atoms with Crippen LogP contribution in [0, 0.1) is 6.92 Å². The maximum atomic E-state index is 6.35. The van der Waals surface area contributed by atoms with E-state index >= 15 is 0 Å². The van der Waals surface area contributed by atoms with Gasteiger partial charge >= 0.3 is 0 Å². The van der Waals surface area contributed by atoms with E-state index in [1.807, 2.05) is 0 Å². The van der Waals surface area contributed by atoms with Crippen LogP contribution >= 0.6 is 0 Å². The van der Waals surface area contributed by atoms with Crippen LogP contribution in [0.1, 0.15) is 5.56 Å². The zero-order valence-corrected chi connectivity index (χ0v) is 12.4. The molecule has 0 saturated carbocycles. The molecule has 0 fully saturated rings. The van der Waals surface area contributed by atoms with Gasteiger partial charge in [0.05, 0.1) is 0 Å². The summed E-state index contributed by atoms with van der Waals surface area (Å²) in [6.45, 7) is 2.10. The van der Waals surface area contributed by atoms with Crippen molar-refractivity contribution in [3.05, 3.63) is 66.2 Å². The molecule has 0 aliphatic rings. The van der Waals surface area contributed by atoms with Crippen LogP contribution in [0.2, 0.25) is 0 Å². The largest absolute Gasteiger partial charge is 0.398 e. The molecule has 0 amide bonds. The van der Waals surface area contributed by atoms with Crippen LogP contribution in [0.4, 0.5) is 5.69 Å². The normalized spacial score (nSPS) is 12.0. The van der Waals surface area contributed by atoms with Crippen molar-refractivity contribution in [1.82, 2.24) is 0 Å². The molecule has 0 heterocycles. The molecule has 2 N–H and O–H groups in total. The van der Waals surface area contributed by atoms with Crippen LogP contribution < -0.4 is 5.73 Å². The molecular formula is C21H15N. The summed E-state index contributed by atoms with van der Waals surface area (Å²) in [4.78, 5) is 0. The molecule has 0 aliphatic heterocycles. The summed E-state index contributed by atoms with van der Waals surface area (Å²) in [6, 6.07) is 21.8. The average molecular weight is 281 g/mol. The highest BCUT2D eigenvalue weighted by Crippen LogP contribution is 2.42. The molecule has 0 aliphatic carbocycles. The number of fused-ring (bicyclic) bond motifs is 2. The molecule has 0 saturated heterocycles. The third kappa shape index (κ3) is 1.29. The Morgan fingerprint density at radius 2 is 1.18 bits per heavy atom. The molecule has 0 aromatic heterocycles. The highest BCUT2D eigenvalue weighted by molar-refractivity contribution is 6.34. The summed E-state index contributed by atoms with van der Waals surface area (Å²) in [6.07, 6.45) is 0. The third-order valence-electron chi connectivity index (χ3n) is 4.89. The lowest BCUT2D eigenvalue weighted by Crippen LogP contribution is -1.94. The number of rotatable bonds is 0. The average Bonchev–Trinajstić information content (AvgIpc) is 2.56. The monoisotopic (exact) mass is 281 g/mol. The summed E-state index contributed by atoms with van der Waals surface area (Å²) in [7, 11) is 0. The highest BCUT2D eigenvalue weighted by atomic mass is 14.6. The van der Waals surface area contributed by atoms with Gasteiger partial charge in [-0.1, -0.05) is 54.6 Å². The van der Waals surface area contributed by atoms with Crippen molar-refractivity contribution in [2.45, 2.75) is 6.92 Å². The maximum Gasteiger partial charge on any atom is 0.0424 e. The summed E-state index contributed by atoms with van der Waals surface area (Å²) in [5.74, 6) is 0. The second kappa shape index (κ2) is 3.89.